The number of furan rings is 1. The van der Waals surface area contributed by atoms with E-state index in [0.29, 0.717) is 25.3 Å². The molecule has 8 nitrogen and oxygen atoms in total. The Kier molecular flexibility index (Phi) is 6.78. The number of alkyl halides is 3. The third-order valence-electron chi connectivity index (χ3n) is 4.76. The number of amides is 1. The van der Waals surface area contributed by atoms with E-state index in [0.717, 1.165) is 6.42 Å². The molecule has 1 N–H and O–H groups in total. The van der Waals surface area contributed by atoms with E-state index in [1.165, 1.54) is 24.6 Å². The van der Waals surface area contributed by atoms with Crippen molar-refractivity contribution in [3.63, 3.8) is 0 Å². The van der Waals surface area contributed by atoms with E-state index in [1.807, 2.05) is 0 Å². The van der Waals surface area contributed by atoms with Crippen LogP contribution in [0.3, 0.4) is 0 Å². The lowest BCUT2D eigenvalue weighted by atomic mass is 10.1. The van der Waals surface area contributed by atoms with Crippen LogP contribution in [0.5, 0.6) is 5.88 Å². The monoisotopic (exact) mass is 446 g/mol. The predicted molar refractivity (Wildman–Crippen MR) is 94.8 cm³/mol. The van der Waals surface area contributed by atoms with Gasteiger partial charge in [0.05, 0.1) is 18.9 Å². The maximum atomic E-state index is 13.8. The van der Waals surface area contributed by atoms with Crippen LogP contribution in [0.1, 0.15) is 23.4 Å². The number of aromatic nitrogens is 1. The summed E-state index contributed by atoms with van der Waals surface area (Å²) in [5.41, 5.74) is 0. The molecule has 2 fully saturated rings. The van der Waals surface area contributed by atoms with Crippen LogP contribution >= 0.6 is 0 Å². The lowest BCUT2D eigenvalue weighted by Gasteiger charge is -2.38. The van der Waals surface area contributed by atoms with Crippen molar-refractivity contribution in [1.82, 2.24) is 9.88 Å². The molecule has 1 saturated heterocycles. The molecule has 0 aromatic carbocycles. The van der Waals surface area contributed by atoms with Crippen LogP contribution in [0.15, 0.2) is 41.1 Å². The molecular weight excluding hydrogens is 428 g/mol. The number of fused-ring (bicyclic) bond motifs is 1. The molecule has 2 aliphatic rings. The average molecular weight is 446 g/mol. The quantitative estimate of drug-likeness (QED) is 0.724. The molecule has 31 heavy (non-hydrogen) atoms. The summed E-state index contributed by atoms with van der Waals surface area (Å²) in [5, 5.41) is 7.12. The van der Waals surface area contributed by atoms with E-state index < -0.39 is 18.0 Å². The minimum Gasteiger partial charge on any atom is -0.475 e. The van der Waals surface area contributed by atoms with Crippen molar-refractivity contribution < 1.29 is 46.1 Å². The van der Waals surface area contributed by atoms with Gasteiger partial charge in [-0.1, -0.05) is 0 Å². The number of halogens is 4. The Morgan fingerprint density at radius 2 is 1.97 bits per heavy atom. The summed E-state index contributed by atoms with van der Waals surface area (Å²) < 4.78 is 62.2. The second-order valence-corrected chi connectivity index (χ2v) is 6.71. The highest BCUT2D eigenvalue weighted by Crippen LogP contribution is 2.33. The van der Waals surface area contributed by atoms with Crippen LogP contribution in [0.4, 0.5) is 17.6 Å². The first-order valence-corrected chi connectivity index (χ1v) is 9.22. The van der Waals surface area contributed by atoms with E-state index >= 15 is 0 Å². The minimum absolute atomic E-state index is 0.0266. The summed E-state index contributed by atoms with van der Waals surface area (Å²) in [5.74, 6) is -3.12. The topological polar surface area (TPSA) is 102 Å². The zero-order valence-corrected chi connectivity index (χ0v) is 15.9. The Bertz CT molecular complexity index is 905. The Labute approximate surface area is 173 Å². The van der Waals surface area contributed by atoms with E-state index in [1.54, 1.807) is 17.0 Å². The van der Waals surface area contributed by atoms with Gasteiger partial charge in [0.1, 0.15) is 12.2 Å². The molecule has 0 unspecified atom stereocenters. The van der Waals surface area contributed by atoms with E-state index in [9.17, 15) is 22.4 Å². The molecule has 0 spiro atoms. The summed E-state index contributed by atoms with van der Waals surface area (Å²) in [4.78, 5) is 27.2. The van der Waals surface area contributed by atoms with Gasteiger partial charge < -0.3 is 23.9 Å². The number of aliphatic carboxylic acids is 1. The molecular formula is C19H18F4N2O6. The first-order valence-electron chi connectivity index (χ1n) is 9.22. The lowest BCUT2D eigenvalue weighted by Crippen LogP contribution is -2.54. The highest BCUT2D eigenvalue weighted by atomic mass is 19.4. The van der Waals surface area contributed by atoms with Gasteiger partial charge >= 0.3 is 12.1 Å². The normalized spacial score (nSPS) is 22.8. The third kappa shape index (κ3) is 5.32. The fraction of sp³-hybridized carbons (Fsp3) is 0.421. The maximum absolute atomic E-state index is 13.8. The van der Waals surface area contributed by atoms with Crippen molar-refractivity contribution in [3.8, 4) is 5.88 Å². The molecule has 4 rings (SSSR count). The minimum atomic E-state index is -5.08. The molecule has 2 aromatic rings. The van der Waals surface area contributed by atoms with Crippen LogP contribution in [0.2, 0.25) is 0 Å². The number of carboxylic acids is 1. The Balaban J connectivity index is 0.000000339. The standard InChI is InChI=1S/C17H17FN2O4.C2HF3O2/c18-11-3-1-7-19-16(11)24-13-6-5-12-15(13)23-10-8-20(12)17(21)14-4-2-9-22-14;3-2(4,5)1(6)7/h1-4,7,9,12-13,15H,5-6,8,10H2;(H,6,7)/t12-,13+,15+;/m0./s1. The van der Waals surface area contributed by atoms with Crippen molar-refractivity contribution in [2.24, 2.45) is 0 Å². The fourth-order valence-electron chi connectivity index (χ4n) is 3.44. The van der Waals surface area contributed by atoms with E-state index in [4.69, 9.17) is 23.8 Å². The van der Waals surface area contributed by atoms with Crippen molar-refractivity contribution in [3.05, 3.63) is 48.3 Å². The summed E-state index contributed by atoms with van der Waals surface area (Å²) >= 11 is 0. The van der Waals surface area contributed by atoms with Gasteiger partial charge in [-0.2, -0.15) is 13.2 Å². The number of rotatable bonds is 3. The number of carbonyl (C=O) groups excluding carboxylic acids is 1. The molecule has 168 valence electrons. The van der Waals surface area contributed by atoms with Gasteiger partial charge in [0, 0.05) is 12.7 Å². The predicted octanol–water partition coefficient (Wildman–Crippen LogP) is 2.90. The summed E-state index contributed by atoms with van der Waals surface area (Å²) in [7, 11) is 0. The Morgan fingerprint density at radius 1 is 1.23 bits per heavy atom. The molecule has 12 heteroatoms. The van der Waals surface area contributed by atoms with Gasteiger partial charge in [-0.3, -0.25) is 4.79 Å². The van der Waals surface area contributed by atoms with Gasteiger partial charge in [-0.15, -0.1) is 0 Å². The maximum Gasteiger partial charge on any atom is 0.490 e. The van der Waals surface area contributed by atoms with Crippen LogP contribution < -0.4 is 4.74 Å². The van der Waals surface area contributed by atoms with Crippen molar-refractivity contribution in [2.45, 2.75) is 37.3 Å². The molecule has 3 heterocycles. The third-order valence-corrected chi connectivity index (χ3v) is 4.76. The van der Waals surface area contributed by atoms with E-state index in [-0.39, 0.29) is 30.0 Å². The number of ether oxygens (including phenoxy) is 2. The van der Waals surface area contributed by atoms with Crippen molar-refractivity contribution in [1.29, 1.82) is 0 Å². The largest absolute Gasteiger partial charge is 0.490 e. The lowest BCUT2D eigenvalue weighted by molar-refractivity contribution is -0.192. The first kappa shape index (κ1) is 22.5. The second kappa shape index (κ2) is 9.33. The highest BCUT2D eigenvalue weighted by molar-refractivity contribution is 5.91. The van der Waals surface area contributed by atoms with Crippen LogP contribution in [0.25, 0.3) is 0 Å². The summed E-state index contributed by atoms with van der Waals surface area (Å²) in [6.45, 7) is 0.920. The molecule has 3 atom stereocenters. The number of carbonyl (C=O) groups is 2. The Morgan fingerprint density at radius 3 is 2.58 bits per heavy atom. The van der Waals surface area contributed by atoms with E-state index in [2.05, 4.69) is 4.98 Å². The molecule has 2 aromatic heterocycles. The SMILES string of the molecule is O=C(O)C(F)(F)F.O=C(c1ccco1)N1CCO[C@H]2[C@H](Oc3ncccc3F)CC[C@@H]21. The zero-order valence-electron chi connectivity index (χ0n) is 15.9. The zero-order chi connectivity index (χ0) is 22.6. The van der Waals surface area contributed by atoms with Gasteiger partial charge in [-0.05, 0) is 37.1 Å². The number of hydrogen-bond donors (Lipinski definition) is 1. The molecule has 1 aliphatic heterocycles. The van der Waals surface area contributed by atoms with Gasteiger partial charge in [0.25, 0.3) is 11.8 Å². The van der Waals surface area contributed by atoms with Crippen LogP contribution in [-0.4, -0.2) is 64.4 Å². The molecule has 1 amide bonds. The Hall–Kier alpha value is -3.15. The highest BCUT2D eigenvalue weighted by Gasteiger charge is 2.46. The molecule has 1 aliphatic carbocycles. The molecule has 0 bridgehead atoms. The van der Waals surface area contributed by atoms with Crippen molar-refractivity contribution >= 4 is 11.9 Å². The number of hydrogen-bond acceptors (Lipinski definition) is 6. The van der Waals surface area contributed by atoms with Gasteiger partial charge in [0.15, 0.2) is 11.6 Å². The summed E-state index contributed by atoms with van der Waals surface area (Å²) in [6, 6.07) is 6.06. The fourth-order valence-corrected chi connectivity index (χ4v) is 3.44. The average Bonchev–Trinajstić information content (AvgIpc) is 3.39. The van der Waals surface area contributed by atoms with Crippen molar-refractivity contribution in [2.75, 3.05) is 13.2 Å². The smallest absolute Gasteiger partial charge is 0.475 e. The van der Waals surface area contributed by atoms with Crippen LogP contribution in [0, 0.1) is 5.82 Å². The molecule has 1 saturated carbocycles. The summed E-state index contributed by atoms with van der Waals surface area (Å²) in [6.07, 6.45) is -1.33. The number of pyridine rings is 1. The molecule has 0 radical (unpaired) electrons. The van der Waals surface area contributed by atoms with Gasteiger partial charge in [-0.25, -0.2) is 14.2 Å². The second-order valence-electron chi connectivity index (χ2n) is 6.71. The van der Waals surface area contributed by atoms with Gasteiger partial charge in [0.2, 0.25) is 0 Å². The number of morpholine rings is 1. The van der Waals surface area contributed by atoms with Crippen LogP contribution in [-0.2, 0) is 9.53 Å². The number of nitrogens with zero attached hydrogens (tertiary/aromatic N) is 2. The number of carboxylic acid groups (broad SMARTS) is 1. The first-order chi connectivity index (χ1) is 14.7.